The van der Waals surface area contributed by atoms with Gasteiger partial charge in [-0.15, -0.1) is 11.3 Å². The molecule has 3 amide bonds. The van der Waals surface area contributed by atoms with Crippen molar-refractivity contribution < 1.29 is 23.7 Å². The Morgan fingerprint density at radius 3 is 2.69 bits per heavy atom. The Labute approximate surface area is 172 Å². The third-order valence-corrected chi connectivity index (χ3v) is 7.04. The van der Waals surface area contributed by atoms with Crippen LogP contribution in [0.15, 0.2) is 22.8 Å². The van der Waals surface area contributed by atoms with E-state index in [1.165, 1.54) is 17.6 Å². The molecule has 9 heteroatoms. The number of nitrogens with two attached hydrogens (primary N) is 1. The Kier molecular flexibility index (Phi) is 5.42. The first-order valence-electron chi connectivity index (χ1n) is 9.88. The summed E-state index contributed by atoms with van der Waals surface area (Å²) in [6.07, 6.45) is 4.29. The Hall–Kier alpha value is -2.65. The second kappa shape index (κ2) is 8.00. The molecule has 8 nitrogen and oxygen atoms in total. The summed E-state index contributed by atoms with van der Waals surface area (Å²) in [4.78, 5) is 41.2. The zero-order chi connectivity index (χ0) is 20.5. The maximum Gasteiger partial charge on any atom is 0.289 e. The van der Waals surface area contributed by atoms with Gasteiger partial charge in [-0.05, 0) is 43.9 Å². The van der Waals surface area contributed by atoms with Crippen molar-refractivity contribution >= 4 is 34.1 Å². The summed E-state index contributed by atoms with van der Waals surface area (Å²) in [5.74, 6) is -0.396. The normalized spacial score (nSPS) is 17.8. The molecule has 4 rings (SSSR count). The molecule has 0 aromatic carbocycles. The van der Waals surface area contributed by atoms with Crippen LogP contribution in [0.2, 0.25) is 0 Å². The number of fused-ring (bicyclic) bond motifs is 1. The number of furan rings is 1. The molecule has 1 fully saturated rings. The van der Waals surface area contributed by atoms with Gasteiger partial charge in [-0.2, -0.15) is 0 Å². The number of carbonyl (C=O) groups excluding carboxylic acids is 3. The third kappa shape index (κ3) is 3.79. The number of rotatable bonds is 5. The lowest BCUT2D eigenvalue weighted by Gasteiger charge is -2.34. The fraction of sp³-hybridized carbons (Fsp3) is 0.450. The summed E-state index contributed by atoms with van der Waals surface area (Å²) < 4.78 is 5.18. The average Bonchev–Trinajstić information content (AvgIpc) is 3.44. The van der Waals surface area contributed by atoms with Crippen LogP contribution in [0.3, 0.4) is 0 Å². The first kappa shape index (κ1) is 19.7. The van der Waals surface area contributed by atoms with Crippen LogP contribution >= 0.6 is 11.3 Å². The van der Waals surface area contributed by atoms with Gasteiger partial charge in [0.1, 0.15) is 5.00 Å². The van der Waals surface area contributed by atoms with Gasteiger partial charge in [0.05, 0.1) is 38.0 Å². The van der Waals surface area contributed by atoms with Crippen LogP contribution in [0, 0.1) is 0 Å². The minimum Gasteiger partial charge on any atom is -0.459 e. The van der Waals surface area contributed by atoms with E-state index in [4.69, 9.17) is 10.2 Å². The molecule has 29 heavy (non-hydrogen) atoms. The van der Waals surface area contributed by atoms with E-state index in [1.54, 1.807) is 17.0 Å². The van der Waals surface area contributed by atoms with Crippen molar-refractivity contribution in [1.82, 2.24) is 4.90 Å². The second-order valence-corrected chi connectivity index (χ2v) is 8.67. The van der Waals surface area contributed by atoms with Crippen molar-refractivity contribution in [1.29, 1.82) is 0 Å². The van der Waals surface area contributed by atoms with Crippen LogP contribution < -0.4 is 16.0 Å². The van der Waals surface area contributed by atoms with Crippen molar-refractivity contribution in [3.63, 3.8) is 0 Å². The van der Waals surface area contributed by atoms with E-state index in [-0.39, 0.29) is 17.9 Å². The highest BCUT2D eigenvalue weighted by Gasteiger charge is 2.33. The van der Waals surface area contributed by atoms with Crippen molar-refractivity contribution in [2.45, 2.75) is 32.2 Å². The van der Waals surface area contributed by atoms with Gasteiger partial charge >= 0.3 is 0 Å². The number of anilines is 1. The Morgan fingerprint density at radius 2 is 2.03 bits per heavy atom. The van der Waals surface area contributed by atoms with E-state index < -0.39 is 5.91 Å². The van der Waals surface area contributed by atoms with Crippen LogP contribution in [-0.4, -0.2) is 54.8 Å². The van der Waals surface area contributed by atoms with Gasteiger partial charge < -0.3 is 25.3 Å². The largest absolute Gasteiger partial charge is 0.459 e. The molecule has 1 atom stereocenters. The number of primary amides is 1. The first-order chi connectivity index (χ1) is 14.0. The van der Waals surface area contributed by atoms with Gasteiger partial charge in [0.25, 0.3) is 17.7 Å². The highest BCUT2D eigenvalue weighted by atomic mass is 32.1. The van der Waals surface area contributed by atoms with Crippen LogP contribution in [0.5, 0.6) is 0 Å². The van der Waals surface area contributed by atoms with E-state index in [1.807, 2.05) is 6.92 Å². The number of thiophene rings is 1. The first-order valence-corrected chi connectivity index (χ1v) is 10.7. The maximum absolute atomic E-state index is 12.8. The highest BCUT2D eigenvalue weighted by Crippen LogP contribution is 2.38. The number of piperazine rings is 1. The number of hydrogen-bond acceptors (Lipinski definition) is 5. The van der Waals surface area contributed by atoms with Gasteiger partial charge in [0.2, 0.25) is 0 Å². The lowest BCUT2D eigenvalue weighted by Crippen LogP contribution is -3.19. The molecule has 0 unspecified atom stereocenters. The van der Waals surface area contributed by atoms with Crippen LogP contribution in [0.4, 0.5) is 5.00 Å². The molecule has 3 heterocycles. The Bertz CT molecular complexity index is 929. The van der Waals surface area contributed by atoms with Crippen molar-refractivity contribution in [3.8, 4) is 0 Å². The molecule has 2 aliphatic rings. The monoisotopic (exact) mass is 417 g/mol. The molecule has 0 radical (unpaired) electrons. The quantitative estimate of drug-likeness (QED) is 0.650. The molecular formula is C20H25N4O4S+. The molecule has 154 valence electrons. The molecule has 1 aliphatic heterocycles. The number of hydrogen-bond donors (Lipinski definition) is 3. The predicted octanol–water partition coefficient (Wildman–Crippen LogP) is 0.297. The number of quaternary nitrogens is 1. The average molecular weight is 418 g/mol. The topological polar surface area (TPSA) is 110 Å². The summed E-state index contributed by atoms with van der Waals surface area (Å²) in [6.45, 7) is 4.34. The van der Waals surface area contributed by atoms with E-state index in [0.717, 1.165) is 34.6 Å². The molecule has 1 saturated heterocycles. The number of aryl methyl sites for hydroxylation is 1. The molecule has 0 spiro atoms. The van der Waals surface area contributed by atoms with Gasteiger partial charge in [-0.1, -0.05) is 0 Å². The second-order valence-electron chi connectivity index (χ2n) is 7.56. The summed E-state index contributed by atoms with van der Waals surface area (Å²) in [6, 6.07) is 3.06. The van der Waals surface area contributed by atoms with Gasteiger partial charge in [0.15, 0.2) is 11.8 Å². The maximum atomic E-state index is 12.8. The van der Waals surface area contributed by atoms with Crippen LogP contribution in [0.25, 0.3) is 0 Å². The molecule has 2 aromatic rings. The van der Waals surface area contributed by atoms with E-state index >= 15 is 0 Å². The minimum atomic E-state index is -0.482. The zero-order valence-electron chi connectivity index (χ0n) is 16.3. The number of carbonyl (C=O) groups is 3. The number of amides is 3. The summed E-state index contributed by atoms with van der Waals surface area (Å²) in [5, 5.41) is 3.51. The van der Waals surface area contributed by atoms with Crippen molar-refractivity contribution in [2.24, 2.45) is 5.73 Å². The van der Waals surface area contributed by atoms with Gasteiger partial charge in [0, 0.05) is 4.88 Å². The smallest absolute Gasteiger partial charge is 0.289 e. The highest BCUT2D eigenvalue weighted by molar-refractivity contribution is 7.17. The summed E-state index contributed by atoms with van der Waals surface area (Å²) in [7, 11) is 0. The molecule has 0 bridgehead atoms. The third-order valence-electron chi connectivity index (χ3n) is 5.83. The fourth-order valence-corrected chi connectivity index (χ4v) is 5.44. The Balaban J connectivity index is 1.37. The van der Waals surface area contributed by atoms with Gasteiger partial charge in [-0.25, -0.2) is 0 Å². The lowest BCUT2D eigenvalue weighted by molar-refractivity contribution is -0.917. The molecule has 0 saturated carbocycles. The van der Waals surface area contributed by atoms with Crippen LogP contribution in [-0.2, 0) is 17.6 Å². The lowest BCUT2D eigenvalue weighted by atomic mass is 10.1. The molecule has 1 aliphatic carbocycles. The van der Waals surface area contributed by atoms with E-state index in [2.05, 4.69) is 5.32 Å². The number of nitrogens with zero attached hydrogens (tertiary/aromatic N) is 1. The predicted molar refractivity (Wildman–Crippen MR) is 108 cm³/mol. The van der Waals surface area contributed by atoms with Crippen molar-refractivity contribution in [3.05, 3.63) is 40.2 Å². The summed E-state index contributed by atoms with van der Waals surface area (Å²) in [5.41, 5.74) is 7.06. The summed E-state index contributed by atoms with van der Waals surface area (Å²) >= 11 is 1.47. The zero-order valence-corrected chi connectivity index (χ0v) is 17.1. The molecular weight excluding hydrogens is 392 g/mol. The number of nitrogens with one attached hydrogen (secondary N) is 2. The minimum absolute atomic E-state index is 0.120. The molecule has 4 N–H and O–H groups in total. The molecule has 2 aromatic heterocycles. The van der Waals surface area contributed by atoms with E-state index in [0.29, 0.717) is 42.5 Å². The van der Waals surface area contributed by atoms with Gasteiger partial charge in [-0.3, -0.25) is 14.4 Å². The van der Waals surface area contributed by atoms with Crippen LogP contribution in [0.1, 0.15) is 44.7 Å². The Morgan fingerprint density at radius 1 is 1.28 bits per heavy atom. The van der Waals surface area contributed by atoms with Crippen molar-refractivity contribution in [2.75, 3.05) is 31.5 Å². The fourth-order valence-electron chi connectivity index (χ4n) is 4.14. The van der Waals surface area contributed by atoms with E-state index in [9.17, 15) is 14.4 Å². The standard InChI is InChI=1S/C20H24N4O4S/c1-12(23-7-9-24(10-8-23)20(27)14-5-3-11-28-14)18(26)22-19-16(17(21)25)13-4-2-6-15(13)29-19/h3,5,11-12H,2,4,6-10H2,1H3,(H2,21,25)(H,22,26)/p+1/t12-/m0/s1. The SMILES string of the molecule is C[C@@H](C(=O)Nc1sc2c(c1C(N)=O)CCC2)[NH+]1CCN(C(=O)c2ccco2)CC1.